The molecule has 1 aliphatic heterocycles. The number of hydrogen-bond acceptors (Lipinski definition) is 7. The predicted molar refractivity (Wildman–Crippen MR) is 134 cm³/mol. The fraction of sp³-hybridized carbons (Fsp3) is 0.462. The molecule has 0 bridgehead atoms. The number of β-amino-alcohol motifs (C(OH)–C–C–N with tert-alkyl or cyclic N) is 1. The normalized spacial score (nSPS) is 18.7. The van der Waals surface area contributed by atoms with Crippen molar-refractivity contribution in [2.45, 2.75) is 57.8 Å². The highest BCUT2D eigenvalue weighted by Gasteiger charge is 2.43. The molecule has 1 saturated heterocycles. The van der Waals surface area contributed by atoms with Crippen molar-refractivity contribution in [1.29, 1.82) is 0 Å². The number of ether oxygens (including phenoxy) is 1. The lowest BCUT2D eigenvalue weighted by atomic mass is 9.93. The van der Waals surface area contributed by atoms with Crippen LogP contribution in [0.2, 0.25) is 0 Å². The van der Waals surface area contributed by atoms with Crippen molar-refractivity contribution in [2.75, 3.05) is 18.4 Å². The van der Waals surface area contributed by atoms with Gasteiger partial charge in [0.15, 0.2) is 0 Å². The van der Waals surface area contributed by atoms with Crippen molar-refractivity contribution < 1.29 is 27.8 Å². The second-order valence-corrected chi connectivity index (χ2v) is 10.5. The molecule has 38 heavy (non-hydrogen) atoms. The Bertz CT molecular complexity index is 1440. The number of pyridine rings is 1. The van der Waals surface area contributed by atoms with Gasteiger partial charge in [-0.3, -0.25) is 9.36 Å². The molecule has 0 aliphatic carbocycles. The fourth-order valence-corrected chi connectivity index (χ4v) is 4.57. The molecule has 12 heteroatoms. The van der Waals surface area contributed by atoms with Crippen LogP contribution in [0.4, 0.5) is 23.8 Å². The first-order chi connectivity index (χ1) is 17.7. The van der Waals surface area contributed by atoms with Crippen LogP contribution in [0.25, 0.3) is 11.0 Å². The van der Waals surface area contributed by atoms with Crippen LogP contribution in [-0.4, -0.2) is 49.3 Å². The Morgan fingerprint density at radius 2 is 1.92 bits per heavy atom. The summed E-state index contributed by atoms with van der Waals surface area (Å²) in [5, 5.41) is 14.8. The van der Waals surface area contributed by atoms with Crippen molar-refractivity contribution >= 4 is 22.9 Å². The van der Waals surface area contributed by atoms with E-state index in [4.69, 9.17) is 4.74 Å². The number of halogens is 3. The highest BCUT2D eigenvalue weighted by molar-refractivity contribution is 5.87. The Hall–Kier alpha value is -3.67. The molecule has 9 nitrogen and oxygen atoms in total. The van der Waals surface area contributed by atoms with Crippen molar-refractivity contribution in [3.8, 4) is 0 Å². The SMILES string of the molecule is C[C@@H](Nc1ncnc2c1cc(C1(O)CCN(C(=O)OC(C)(C)C)C1)c(=O)n2C)c1cccc(C(F)F)c1F. The molecular weight excluding hydrogens is 503 g/mol. The summed E-state index contributed by atoms with van der Waals surface area (Å²) in [7, 11) is 1.49. The van der Waals surface area contributed by atoms with Gasteiger partial charge in [0.1, 0.15) is 34.8 Å². The summed E-state index contributed by atoms with van der Waals surface area (Å²) >= 11 is 0. The molecule has 1 fully saturated rings. The molecule has 2 aromatic heterocycles. The average molecular weight is 534 g/mol. The van der Waals surface area contributed by atoms with Gasteiger partial charge in [-0.25, -0.2) is 27.9 Å². The molecule has 0 saturated carbocycles. The number of aryl methyl sites for hydroxylation is 1. The summed E-state index contributed by atoms with van der Waals surface area (Å²) in [5.74, 6) is -0.803. The molecule has 4 rings (SSSR count). The van der Waals surface area contributed by atoms with Crippen molar-refractivity contribution in [3.63, 3.8) is 0 Å². The number of benzene rings is 1. The molecular formula is C26H30F3N5O4. The number of carbonyl (C=O) groups is 1. The summed E-state index contributed by atoms with van der Waals surface area (Å²) in [6.07, 6.45) is -2.24. The van der Waals surface area contributed by atoms with Crippen LogP contribution >= 0.6 is 0 Å². The standard InChI is InChI=1S/C26H30F3N5O4/c1-14(15-7-6-8-16(19(15)27)20(28)29)32-21-17-11-18(23(35)33(5)22(17)31-13-30-21)26(37)9-10-34(12-26)24(36)38-25(2,3)4/h6-8,11,13-14,20,37H,9-10,12H2,1-5H3,(H,30,31,32)/t14-,26?/m1/s1. The van der Waals surface area contributed by atoms with Crippen LogP contribution in [-0.2, 0) is 17.4 Å². The summed E-state index contributed by atoms with van der Waals surface area (Å²) in [5.41, 5.74) is -3.28. The molecule has 1 unspecified atom stereocenters. The lowest BCUT2D eigenvalue weighted by Crippen LogP contribution is -2.41. The number of rotatable bonds is 5. The van der Waals surface area contributed by atoms with Gasteiger partial charge in [-0.2, -0.15) is 0 Å². The summed E-state index contributed by atoms with van der Waals surface area (Å²) in [4.78, 5) is 35.6. The maximum Gasteiger partial charge on any atom is 0.410 e. The molecule has 2 atom stereocenters. The molecule has 1 aromatic carbocycles. The minimum absolute atomic E-state index is 0.0158. The Balaban J connectivity index is 1.71. The third kappa shape index (κ3) is 5.17. The third-order valence-corrected chi connectivity index (χ3v) is 6.52. The number of nitrogens with zero attached hydrogens (tertiary/aromatic N) is 4. The number of anilines is 1. The molecule has 0 spiro atoms. The average Bonchev–Trinajstić information content (AvgIpc) is 3.23. The van der Waals surface area contributed by atoms with Gasteiger partial charge in [0.25, 0.3) is 12.0 Å². The second-order valence-electron chi connectivity index (χ2n) is 10.5. The monoisotopic (exact) mass is 533 g/mol. The number of nitrogens with one attached hydrogen (secondary N) is 1. The zero-order chi connectivity index (χ0) is 28.0. The minimum Gasteiger partial charge on any atom is -0.444 e. The number of amides is 1. The van der Waals surface area contributed by atoms with E-state index in [0.29, 0.717) is 5.39 Å². The van der Waals surface area contributed by atoms with E-state index in [-0.39, 0.29) is 42.1 Å². The molecule has 1 aliphatic rings. The number of alkyl halides is 2. The first-order valence-corrected chi connectivity index (χ1v) is 12.1. The number of aliphatic hydroxyl groups is 1. The maximum absolute atomic E-state index is 14.8. The van der Waals surface area contributed by atoms with E-state index in [9.17, 15) is 27.9 Å². The summed E-state index contributed by atoms with van der Waals surface area (Å²) < 4.78 is 47.8. The van der Waals surface area contributed by atoms with Crippen LogP contribution < -0.4 is 10.9 Å². The smallest absolute Gasteiger partial charge is 0.410 e. The van der Waals surface area contributed by atoms with Crippen molar-refractivity contribution in [2.24, 2.45) is 7.05 Å². The van der Waals surface area contributed by atoms with Gasteiger partial charge in [-0.05, 0) is 33.8 Å². The lowest BCUT2D eigenvalue weighted by molar-refractivity contribution is 0.0135. The van der Waals surface area contributed by atoms with Crippen molar-refractivity contribution in [1.82, 2.24) is 19.4 Å². The van der Waals surface area contributed by atoms with E-state index in [2.05, 4.69) is 15.3 Å². The van der Waals surface area contributed by atoms with Gasteiger partial charge in [-0.1, -0.05) is 18.2 Å². The summed E-state index contributed by atoms with van der Waals surface area (Å²) in [6, 6.07) is 4.46. The van der Waals surface area contributed by atoms with Gasteiger partial charge >= 0.3 is 6.09 Å². The number of hydrogen-bond donors (Lipinski definition) is 2. The quantitative estimate of drug-likeness (QED) is 0.500. The molecule has 1 amide bonds. The van der Waals surface area contributed by atoms with E-state index >= 15 is 0 Å². The Labute approximate surface area is 217 Å². The number of aromatic nitrogens is 3. The number of likely N-dealkylation sites (tertiary alicyclic amines) is 1. The highest BCUT2D eigenvalue weighted by atomic mass is 19.3. The predicted octanol–water partition coefficient (Wildman–Crippen LogP) is 4.41. The first kappa shape index (κ1) is 27.4. The largest absolute Gasteiger partial charge is 0.444 e. The Morgan fingerprint density at radius 1 is 1.24 bits per heavy atom. The van der Waals surface area contributed by atoms with Gasteiger partial charge in [0, 0.05) is 25.6 Å². The van der Waals surface area contributed by atoms with E-state index in [1.165, 1.54) is 41.0 Å². The van der Waals surface area contributed by atoms with Gasteiger partial charge in [0.05, 0.1) is 29.1 Å². The van der Waals surface area contributed by atoms with Crippen LogP contribution in [0, 0.1) is 5.82 Å². The molecule has 3 aromatic rings. The highest BCUT2D eigenvalue weighted by Crippen LogP contribution is 2.34. The number of carbonyl (C=O) groups excluding carboxylic acids is 1. The lowest BCUT2D eigenvalue weighted by Gasteiger charge is -2.27. The Morgan fingerprint density at radius 3 is 2.58 bits per heavy atom. The second kappa shape index (κ2) is 9.90. The van der Waals surface area contributed by atoms with E-state index in [0.717, 1.165) is 6.07 Å². The van der Waals surface area contributed by atoms with Gasteiger partial charge < -0.3 is 20.1 Å². The third-order valence-electron chi connectivity index (χ3n) is 6.52. The van der Waals surface area contributed by atoms with Crippen LogP contribution in [0.15, 0.2) is 35.4 Å². The van der Waals surface area contributed by atoms with E-state index in [1.54, 1.807) is 27.7 Å². The topological polar surface area (TPSA) is 110 Å². The molecule has 2 N–H and O–H groups in total. The minimum atomic E-state index is -2.97. The van der Waals surface area contributed by atoms with Gasteiger partial charge in [0.2, 0.25) is 0 Å². The van der Waals surface area contributed by atoms with Crippen LogP contribution in [0.1, 0.15) is 63.3 Å². The van der Waals surface area contributed by atoms with Crippen LogP contribution in [0.5, 0.6) is 0 Å². The molecule has 204 valence electrons. The Kier molecular flexibility index (Phi) is 7.13. The first-order valence-electron chi connectivity index (χ1n) is 12.1. The van der Waals surface area contributed by atoms with E-state index < -0.39 is 46.7 Å². The van der Waals surface area contributed by atoms with Gasteiger partial charge in [-0.15, -0.1) is 0 Å². The molecule has 3 heterocycles. The van der Waals surface area contributed by atoms with E-state index in [1.807, 2.05) is 0 Å². The fourth-order valence-electron chi connectivity index (χ4n) is 4.57. The van der Waals surface area contributed by atoms with Crippen LogP contribution in [0.3, 0.4) is 0 Å². The van der Waals surface area contributed by atoms with Crippen molar-refractivity contribution in [3.05, 3.63) is 63.5 Å². The number of fused-ring (bicyclic) bond motifs is 1. The maximum atomic E-state index is 14.8. The zero-order valence-corrected chi connectivity index (χ0v) is 21.8. The zero-order valence-electron chi connectivity index (χ0n) is 21.8. The summed E-state index contributed by atoms with van der Waals surface area (Å²) in [6.45, 7) is 6.82. The molecule has 0 radical (unpaired) electrons.